The van der Waals surface area contributed by atoms with Gasteiger partial charge in [0.25, 0.3) is 0 Å². The van der Waals surface area contributed by atoms with Gasteiger partial charge in [0.05, 0.1) is 22.8 Å². The van der Waals surface area contributed by atoms with Crippen LogP contribution in [0.3, 0.4) is 0 Å². The minimum absolute atomic E-state index is 0.642. The second kappa shape index (κ2) is 30.7. The van der Waals surface area contributed by atoms with Crippen molar-refractivity contribution in [2.45, 2.75) is 27.7 Å². The molecule has 0 radical (unpaired) electrons. The Hall–Kier alpha value is -14.5. The fraction of sp³-hybridized carbons (Fsp3) is 0.0377. The zero-order chi connectivity index (χ0) is 75.4. The van der Waals surface area contributed by atoms with Gasteiger partial charge in [0.2, 0.25) is 0 Å². The van der Waals surface area contributed by atoms with E-state index in [1.54, 1.807) is 0 Å². The first-order valence-corrected chi connectivity index (χ1v) is 38.1. The van der Waals surface area contributed by atoms with Crippen molar-refractivity contribution in [3.63, 3.8) is 0 Å². The van der Waals surface area contributed by atoms with E-state index < -0.39 is 0 Å². The molecule has 0 spiro atoms. The van der Waals surface area contributed by atoms with Crippen LogP contribution in [-0.4, -0.2) is 29.9 Å². The molecular weight excluding hydrogens is 1360 g/mol. The monoisotopic (exact) mass is 1430 g/mol. The molecule has 0 aliphatic carbocycles. The number of nitrogens with zero attached hydrogens (tertiary/aromatic N) is 6. The molecule has 0 bridgehead atoms. The Labute approximate surface area is 654 Å². The van der Waals surface area contributed by atoms with Crippen molar-refractivity contribution in [1.82, 2.24) is 29.9 Å². The van der Waals surface area contributed by atoms with E-state index in [1.807, 2.05) is 85.7 Å². The van der Waals surface area contributed by atoms with Crippen LogP contribution in [-0.2, 0) is 0 Å². The van der Waals surface area contributed by atoms with Crippen LogP contribution in [0, 0.1) is 27.7 Å². The molecule has 0 aliphatic heterocycles. The number of hydrogen-bond acceptors (Lipinski definition) is 6. The molecule has 0 fully saturated rings. The van der Waals surface area contributed by atoms with E-state index in [4.69, 9.17) is 29.9 Å². The normalized spacial score (nSPS) is 11.2. The molecule has 0 saturated heterocycles. The SMILES string of the molecule is Cc1cc(-c2ccccn2)ccc1-c1ccccc1-c1cc(-c2ccccc2-c2ccc(-c3ncc(-c4ccccc4-c4cc(-c5ccccc5-c5ccc(-c6ccccn6)cc5C)cc(-c5ccccc5-c5ccc(-c6ccccn6)cc5C)c4)cn3)cc2)cc(-c2ccccc2-c2ccc(-c3ccccn3)cc2C)c1. The molecule has 0 atom stereocenters. The van der Waals surface area contributed by atoms with Crippen molar-refractivity contribution in [2.24, 2.45) is 0 Å². The molecule has 6 nitrogen and oxygen atoms in total. The molecular formula is C106H76N6. The average molecular weight is 1430 g/mol. The van der Waals surface area contributed by atoms with Gasteiger partial charge in [0, 0.05) is 70.6 Å². The van der Waals surface area contributed by atoms with Crippen LogP contribution in [0.2, 0.25) is 0 Å². The summed E-state index contributed by atoms with van der Waals surface area (Å²) in [4.78, 5) is 29.1. The van der Waals surface area contributed by atoms with Crippen molar-refractivity contribution in [3.8, 4) is 190 Å². The second-order valence-electron chi connectivity index (χ2n) is 28.7. The fourth-order valence-corrected chi connectivity index (χ4v) is 16.1. The molecule has 6 heteroatoms. The van der Waals surface area contributed by atoms with Crippen molar-refractivity contribution in [3.05, 3.63) is 411 Å². The van der Waals surface area contributed by atoms with Gasteiger partial charge < -0.3 is 0 Å². The summed E-state index contributed by atoms with van der Waals surface area (Å²) in [5, 5.41) is 0. The van der Waals surface area contributed by atoms with Gasteiger partial charge >= 0.3 is 0 Å². The third kappa shape index (κ3) is 13.9. The van der Waals surface area contributed by atoms with Crippen LogP contribution in [0.15, 0.2) is 389 Å². The maximum Gasteiger partial charge on any atom is 0.159 e. The molecule has 0 unspecified atom stereocenters. The third-order valence-corrected chi connectivity index (χ3v) is 21.6. The molecule has 18 rings (SSSR count). The first-order valence-electron chi connectivity index (χ1n) is 38.1. The first kappa shape index (κ1) is 69.3. The standard InChI is InChI=1S/C106H76N6/c1-69-57-75(102-37-17-21-53-107-102)45-49-86(69)98-33-13-9-28-93(98)81-61-79(62-82(65-81)94-29-10-14-34-99(94)87-50-46-76(58-70(87)2)103-38-18-22-54-108-103)91-26-6-5-25-90(91)73-41-43-74(44-42-73)106-111-67-85(68-112-106)97-32-8-7-27-92(97)80-63-83(95-30-11-15-35-100(95)88-51-47-77(59-71(88)3)104-39-19-23-55-109-104)66-84(64-80)96-31-12-16-36-101(96)89-52-48-78(60-72(89)4)105-40-20-24-56-110-105/h5-68H,1-4H3. The van der Waals surface area contributed by atoms with Crippen molar-refractivity contribution >= 4 is 0 Å². The lowest BCUT2D eigenvalue weighted by Crippen LogP contribution is -1.95. The number of hydrogen-bond donors (Lipinski definition) is 0. The van der Waals surface area contributed by atoms with E-state index in [2.05, 4.69) is 331 Å². The highest BCUT2D eigenvalue weighted by Gasteiger charge is 2.22. The van der Waals surface area contributed by atoms with Crippen LogP contribution in [0.4, 0.5) is 0 Å². The molecule has 18 aromatic rings. The first-order chi connectivity index (χ1) is 55.2. The zero-order valence-electron chi connectivity index (χ0n) is 62.6. The van der Waals surface area contributed by atoms with Gasteiger partial charge in [-0.05, 0) is 287 Å². The van der Waals surface area contributed by atoms with E-state index in [0.29, 0.717) is 5.82 Å². The summed E-state index contributed by atoms with van der Waals surface area (Å²) in [6.45, 7) is 8.82. The number of benzene rings is 13. The van der Waals surface area contributed by atoms with Crippen molar-refractivity contribution in [1.29, 1.82) is 0 Å². The number of rotatable bonds is 17. The molecule has 530 valence electrons. The van der Waals surface area contributed by atoms with Gasteiger partial charge in [-0.15, -0.1) is 0 Å². The molecule has 0 saturated carbocycles. The largest absolute Gasteiger partial charge is 0.256 e. The molecule has 5 heterocycles. The van der Waals surface area contributed by atoms with Crippen LogP contribution in [0.1, 0.15) is 22.3 Å². The fourth-order valence-electron chi connectivity index (χ4n) is 16.1. The highest BCUT2D eigenvalue weighted by atomic mass is 14.9. The van der Waals surface area contributed by atoms with E-state index in [1.165, 1.54) is 44.5 Å². The quantitative estimate of drug-likeness (QED) is 0.0904. The van der Waals surface area contributed by atoms with Crippen LogP contribution in [0.25, 0.3) is 190 Å². The molecule has 112 heavy (non-hydrogen) atoms. The summed E-state index contributed by atoms with van der Waals surface area (Å²) in [6, 6.07) is 127. The third-order valence-electron chi connectivity index (χ3n) is 21.6. The van der Waals surface area contributed by atoms with Gasteiger partial charge in [0.15, 0.2) is 5.82 Å². The van der Waals surface area contributed by atoms with E-state index >= 15 is 0 Å². The van der Waals surface area contributed by atoms with Crippen LogP contribution >= 0.6 is 0 Å². The highest BCUT2D eigenvalue weighted by molar-refractivity contribution is 5.98. The summed E-state index contributed by atoms with van der Waals surface area (Å²) in [5.41, 5.74) is 40.6. The van der Waals surface area contributed by atoms with Crippen molar-refractivity contribution < 1.29 is 0 Å². The smallest absolute Gasteiger partial charge is 0.159 e. The molecule has 0 N–H and O–H groups in total. The van der Waals surface area contributed by atoms with Gasteiger partial charge in [-0.2, -0.15) is 0 Å². The Morgan fingerprint density at radius 2 is 0.348 bits per heavy atom. The van der Waals surface area contributed by atoms with Crippen molar-refractivity contribution in [2.75, 3.05) is 0 Å². The predicted molar refractivity (Wildman–Crippen MR) is 465 cm³/mol. The van der Waals surface area contributed by atoms with Gasteiger partial charge in [-0.25, -0.2) is 9.97 Å². The Morgan fingerprint density at radius 1 is 0.143 bits per heavy atom. The van der Waals surface area contributed by atoms with E-state index in [-0.39, 0.29) is 0 Å². The number of aromatic nitrogens is 6. The second-order valence-corrected chi connectivity index (χ2v) is 28.7. The van der Waals surface area contributed by atoms with Crippen LogP contribution in [0.5, 0.6) is 0 Å². The Kier molecular flexibility index (Phi) is 19.0. The minimum Gasteiger partial charge on any atom is -0.256 e. The average Bonchev–Trinajstić information content (AvgIpc) is 0.769. The summed E-state index contributed by atoms with van der Waals surface area (Å²) in [5.74, 6) is 0.642. The number of aryl methyl sites for hydroxylation is 4. The van der Waals surface area contributed by atoms with Gasteiger partial charge in [-0.3, -0.25) is 19.9 Å². The zero-order valence-corrected chi connectivity index (χ0v) is 62.6. The number of pyridine rings is 4. The highest BCUT2D eigenvalue weighted by Crippen LogP contribution is 2.47. The Morgan fingerprint density at radius 3 is 0.589 bits per heavy atom. The summed E-state index contributed by atoms with van der Waals surface area (Å²) >= 11 is 0. The maximum absolute atomic E-state index is 5.17. The summed E-state index contributed by atoms with van der Waals surface area (Å²) in [7, 11) is 0. The summed E-state index contributed by atoms with van der Waals surface area (Å²) in [6.07, 6.45) is 11.4. The minimum atomic E-state index is 0.642. The van der Waals surface area contributed by atoms with E-state index in [9.17, 15) is 0 Å². The van der Waals surface area contributed by atoms with Crippen LogP contribution < -0.4 is 0 Å². The lowest BCUT2D eigenvalue weighted by atomic mass is 9.85. The maximum atomic E-state index is 5.17. The molecule has 5 aromatic heterocycles. The molecule has 0 amide bonds. The molecule has 13 aromatic carbocycles. The summed E-state index contributed by atoms with van der Waals surface area (Å²) < 4.78 is 0. The predicted octanol–water partition coefficient (Wildman–Crippen LogP) is 27.6. The Balaban J connectivity index is 0.702. The topological polar surface area (TPSA) is 77.3 Å². The molecule has 0 aliphatic rings. The lowest BCUT2D eigenvalue weighted by Gasteiger charge is -2.19. The van der Waals surface area contributed by atoms with Gasteiger partial charge in [0.1, 0.15) is 0 Å². The van der Waals surface area contributed by atoms with Gasteiger partial charge in [-0.1, -0.05) is 243 Å². The Bertz CT molecular complexity index is 5810. The lowest BCUT2D eigenvalue weighted by molar-refractivity contribution is 1.18. The van der Waals surface area contributed by atoms with E-state index in [0.717, 1.165) is 162 Å².